The highest BCUT2D eigenvalue weighted by Gasteiger charge is 2.07. The molecule has 16 heavy (non-hydrogen) atoms. The number of nitrogens with zero attached hydrogens (tertiary/aromatic N) is 2. The van der Waals surface area contributed by atoms with Crippen LogP contribution in [-0.4, -0.2) is 15.0 Å². The van der Waals surface area contributed by atoms with Crippen LogP contribution >= 0.6 is 38.5 Å². The molecule has 0 bridgehead atoms. The highest BCUT2D eigenvalue weighted by atomic mass is 127. The van der Waals surface area contributed by atoms with E-state index in [1.54, 1.807) is 0 Å². The maximum atomic E-state index is 11.2. The summed E-state index contributed by atoms with van der Waals surface area (Å²) in [6.45, 7) is 0. The van der Waals surface area contributed by atoms with Crippen LogP contribution in [0.3, 0.4) is 0 Å². The Morgan fingerprint density at radius 1 is 1.38 bits per heavy atom. The van der Waals surface area contributed by atoms with Crippen molar-refractivity contribution in [3.63, 3.8) is 0 Å². The number of hydrogen-bond donors (Lipinski definition) is 2. The number of halogens is 2. The maximum absolute atomic E-state index is 11.2. The summed E-state index contributed by atoms with van der Waals surface area (Å²) in [6.07, 6.45) is 0. The first kappa shape index (κ1) is 11.5. The Morgan fingerprint density at radius 2 is 2.12 bits per heavy atom. The fourth-order valence-corrected chi connectivity index (χ4v) is 2.13. The van der Waals surface area contributed by atoms with Gasteiger partial charge in [0.05, 0.1) is 0 Å². The number of nitrogen functional groups attached to an aromatic ring is 1. The number of aromatic nitrogens is 3. The zero-order valence-corrected chi connectivity index (χ0v) is 11.6. The lowest BCUT2D eigenvalue weighted by atomic mass is 10.2. The second-order valence-corrected chi connectivity index (χ2v) is 5.08. The number of nitrogens with two attached hydrogens (primary N) is 1. The van der Waals surface area contributed by atoms with Crippen molar-refractivity contribution in [3.8, 4) is 11.4 Å². The molecule has 1 aromatic carbocycles. The van der Waals surface area contributed by atoms with Crippen molar-refractivity contribution in [3.05, 3.63) is 36.7 Å². The first-order chi connectivity index (χ1) is 7.56. The highest BCUT2D eigenvalue weighted by molar-refractivity contribution is 14.1. The van der Waals surface area contributed by atoms with Gasteiger partial charge < -0.3 is 5.73 Å². The van der Waals surface area contributed by atoms with Crippen LogP contribution in [-0.2, 0) is 0 Å². The molecule has 2 aromatic rings. The van der Waals surface area contributed by atoms with E-state index in [1.807, 2.05) is 18.2 Å². The predicted octanol–water partition coefficient (Wildman–Crippen LogP) is 1.78. The molecule has 0 atom stereocenters. The quantitative estimate of drug-likeness (QED) is 0.724. The lowest BCUT2D eigenvalue weighted by Crippen LogP contribution is -2.15. The van der Waals surface area contributed by atoms with Crippen molar-refractivity contribution >= 4 is 44.5 Å². The maximum Gasteiger partial charge on any atom is 0.349 e. The largest absolute Gasteiger partial charge is 0.368 e. The molecule has 82 valence electrons. The summed E-state index contributed by atoms with van der Waals surface area (Å²) in [4.78, 5) is 21.2. The third-order valence-electron chi connectivity index (χ3n) is 1.85. The van der Waals surface area contributed by atoms with Crippen LogP contribution in [0.15, 0.2) is 27.5 Å². The summed E-state index contributed by atoms with van der Waals surface area (Å²) in [5.41, 5.74) is 5.70. The summed E-state index contributed by atoms with van der Waals surface area (Å²) < 4.78 is 1.87. The van der Waals surface area contributed by atoms with E-state index in [2.05, 4.69) is 53.5 Å². The molecule has 0 amide bonds. The lowest BCUT2D eigenvalue weighted by molar-refractivity contribution is 1.01. The van der Waals surface area contributed by atoms with E-state index in [0.717, 1.165) is 13.6 Å². The van der Waals surface area contributed by atoms with Gasteiger partial charge in [-0.2, -0.15) is 9.97 Å². The highest BCUT2D eigenvalue weighted by Crippen LogP contribution is 2.26. The Hall–Kier alpha value is -0.960. The molecule has 0 saturated heterocycles. The third-order valence-corrected chi connectivity index (χ3v) is 3.21. The van der Waals surface area contributed by atoms with Gasteiger partial charge in [0.25, 0.3) is 0 Å². The molecular weight excluding hydrogens is 387 g/mol. The third kappa shape index (κ3) is 2.40. The standard InChI is InChI=1S/C9H6BrIN4O/c10-6-2-1-4(11)3-5(6)7-13-8(12)15-9(16)14-7/h1-3H,(H3,12,13,14,15,16). The summed E-state index contributed by atoms with van der Waals surface area (Å²) in [6, 6.07) is 5.72. The van der Waals surface area contributed by atoms with E-state index in [4.69, 9.17) is 5.73 Å². The average molecular weight is 393 g/mol. The zero-order chi connectivity index (χ0) is 11.7. The molecule has 3 N–H and O–H groups in total. The van der Waals surface area contributed by atoms with Crippen molar-refractivity contribution in [2.45, 2.75) is 0 Å². The van der Waals surface area contributed by atoms with Crippen molar-refractivity contribution in [2.24, 2.45) is 0 Å². The topological polar surface area (TPSA) is 84.7 Å². The number of hydrogen-bond acceptors (Lipinski definition) is 4. The van der Waals surface area contributed by atoms with Crippen molar-refractivity contribution in [1.29, 1.82) is 0 Å². The minimum Gasteiger partial charge on any atom is -0.368 e. The van der Waals surface area contributed by atoms with Gasteiger partial charge in [0.2, 0.25) is 5.95 Å². The van der Waals surface area contributed by atoms with Crippen molar-refractivity contribution in [2.75, 3.05) is 5.73 Å². The molecule has 1 heterocycles. The Labute approximate surface area is 113 Å². The molecule has 1 aromatic heterocycles. The van der Waals surface area contributed by atoms with Crippen molar-refractivity contribution < 1.29 is 0 Å². The molecule has 0 radical (unpaired) electrons. The lowest BCUT2D eigenvalue weighted by Gasteiger charge is -2.04. The number of anilines is 1. The molecule has 0 unspecified atom stereocenters. The first-order valence-electron chi connectivity index (χ1n) is 4.25. The molecule has 0 aliphatic carbocycles. The van der Waals surface area contributed by atoms with Gasteiger partial charge in [0, 0.05) is 13.6 Å². The van der Waals surface area contributed by atoms with E-state index in [0.29, 0.717) is 5.82 Å². The number of aromatic amines is 1. The number of rotatable bonds is 1. The zero-order valence-electron chi connectivity index (χ0n) is 7.87. The Morgan fingerprint density at radius 3 is 2.81 bits per heavy atom. The Kier molecular flexibility index (Phi) is 3.24. The van der Waals surface area contributed by atoms with Gasteiger partial charge >= 0.3 is 5.69 Å². The van der Waals surface area contributed by atoms with Crippen LogP contribution in [0.2, 0.25) is 0 Å². The summed E-state index contributed by atoms with van der Waals surface area (Å²) in [5, 5.41) is 0. The van der Waals surface area contributed by atoms with E-state index in [-0.39, 0.29) is 5.95 Å². The molecule has 0 spiro atoms. The second-order valence-electron chi connectivity index (χ2n) is 2.98. The van der Waals surface area contributed by atoms with E-state index >= 15 is 0 Å². The molecule has 0 aliphatic rings. The Balaban J connectivity index is 2.66. The average Bonchev–Trinajstić information content (AvgIpc) is 2.20. The van der Waals surface area contributed by atoms with Crippen LogP contribution < -0.4 is 11.4 Å². The number of benzene rings is 1. The molecule has 0 aliphatic heterocycles. The minimum absolute atomic E-state index is 0.0375. The van der Waals surface area contributed by atoms with Gasteiger partial charge in [0.15, 0.2) is 0 Å². The van der Waals surface area contributed by atoms with Crippen LogP contribution in [0.1, 0.15) is 0 Å². The first-order valence-corrected chi connectivity index (χ1v) is 6.12. The van der Waals surface area contributed by atoms with Gasteiger partial charge in [-0.3, -0.25) is 4.98 Å². The molecule has 2 rings (SSSR count). The SMILES string of the molecule is Nc1nc(-c2cc(I)ccc2Br)[nH]c(=O)n1. The minimum atomic E-state index is -0.506. The van der Waals surface area contributed by atoms with E-state index < -0.39 is 5.69 Å². The van der Waals surface area contributed by atoms with Crippen molar-refractivity contribution in [1.82, 2.24) is 15.0 Å². The van der Waals surface area contributed by atoms with Crippen LogP contribution in [0, 0.1) is 3.57 Å². The molecule has 0 saturated carbocycles. The van der Waals surface area contributed by atoms with Crippen LogP contribution in [0.5, 0.6) is 0 Å². The monoisotopic (exact) mass is 392 g/mol. The number of nitrogens with one attached hydrogen (secondary N) is 1. The van der Waals surface area contributed by atoms with Crippen LogP contribution in [0.4, 0.5) is 5.95 Å². The second kappa shape index (κ2) is 4.50. The number of H-pyrrole nitrogens is 1. The van der Waals surface area contributed by atoms with Gasteiger partial charge in [-0.25, -0.2) is 4.79 Å². The summed E-state index contributed by atoms with van der Waals surface area (Å²) in [5.74, 6) is 0.368. The molecular formula is C9H6BrIN4O. The Bertz CT molecular complexity index is 598. The summed E-state index contributed by atoms with van der Waals surface area (Å²) >= 11 is 5.57. The molecule has 0 fully saturated rings. The van der Waals surface area contributed by atoms with E-state index in [1.165, 1.54) is 0 Å². The normalized spacial score (nSPS) is 10.4. The fourth-order valence-electron chi connectivity index (χ4n) is 1.21. The van der Waals surface area contributed by atoms with Crippen LogP contribution in [0.25, 0.3) is 11.4 Å². The van der Waals surface area contributed by atoms with Gasteiger partial charge in [-0.05, 0) is 40.8 Å². The van der Waals surface area contributed by atoms with Gasteiger partial charge in [-0.15, -0.1) is 0 Å². The van der Waals surface area contributed by atoms with Gasteiger partial charge in [0.1, 0.15) is 5.82 Å². The van der Waals surface area contributed by atoms with E-state index in [9.17, 15) is 4.79 Å². The fraction of sp³-hybridized carbons (Fsp3) is 0. The van der Waals surface area contributed by atoms with Gasteiger partial charge in [-0.1, -0.05) is 15.9 Å². The predicted molar refractivity (Wildman–Crippen MR) is 72.9 cm³/mol. The summed E-state index contributed by atoms with van der Waals surface area (Å²) in [7, 11) is 0. The molecule has 7 heteroatoms. The smallest absolute Gasteiger partial charge is 0.349 e. The molecule has 5 nitrogen and oxygen atoms in total.